The van der Waals surface area contributed by atoms with Crippen molar-refractivity contribution in [3.8, 4) is 0 Å². The van der Waals surface area contributed by atoms with Gasteiger partial charge in [0.1, 0.15) is 10.3 Å². The first kappa shape index (κ1) is 22.9. The predicted octanol–water partition coefficient (Wildman–Crippen LogP) is 5.27. The fourth-order valence-electron chi connectivity index (χ4n) is 5.77. The van der Waals surface area contributed by atoms with E-state index in [4.69, 9.17) is 4.74 Å². The van der Waals surface area contributed by atoms with Gasteiger partial charge in [-0.25, -0.2) is 4.79 Å². The molecule has 0 radical (unpaired) electrons. The molecule has 5 nitrogen and oxygen atoms in total. The highest BCUT2D eigenvalue weighted by atomic mass is 32.2. The van der Waals surface area contributed by atoms with Gasteiger partial charge < -0.3 is 14.2 Å². The Bertz CT molecular complexity index is 831. The molecule has 0 aromatic heterocycles. The number of hydrogen-bond acceptors (Lipinski definition) is 4. The van der Waals surface area contributed by atoms with E-state index in [2.05, 4.69) is 29.0 Å². The van der Waals surface area contributed by atoms with Gasteiger partial charge in [-0.05, 0) is 91.2 Å². The topological polar surface area (TPSA) is 64.6 Å². The van der Waals surface area contributed by atoms with Crippen molar-refractivity contribution in [2.45, 2.75) is 109 Å². The summed E-state index contributed by atoms with van der Waals surface area (Å²) in [5, 5.41) is 0. The Hall–Kier alpha value is -1.24. The summed E-state index contributed by atoms with van der Waals surface area (Å²) in [7, 11) is 0. The zero-order chi connectivity index (χ0) is 22.6. The standard InChI is InChI=1S/C25H38N2O3S/c1-23(2,3)30-22(28)27-18-11-12-19(27)16-25(14-13-18)15-17-9-7-8-10-20(17)21(25)26-31(29)24(4,5)6/h7-10,18-19,21,26H,11-16H2,1-6H3/t18-,19+,21-,25+,31?/m1/s1. The molecule has 1 aromatic carbocycles. The van der Waals surface area contributed by atoms with Crippen LogP contribution in [0.3, 0.4) is 0 Å². The molecule has 4 rings (SSSR count). The Morgan fingerprint density at radius 2 is 1.81 bits per heavy atom. The number of carbonyl (C=O) groups excluding carboxylic acids is 1. The molecule has 31 heavy (non-hydrogen) atoms. The van der Waals surface area contributed by atoms with Crippen molar-refractivity contribution >= 4 is 17.5 Å². The second-order valence-corrected chi connectivity index (χ2v) is 13.7. The van der Waals surface area contributed by atoms with Crippen molar-refractivity contribution in [3.63, 3.8) is 0 Å². The van der Waals surface area contributed by atoms with Gasteiger partial charge in [0.2, 0.25) is 0 Å². The maximum atomic E-state index is 13.1. The Morgan fingerprint density at radius 1 is 1.13 bits per heavy atom. The van der Waals surface area contributed by atoms with E-state index < -0.39 is 17.0 Å². The van der Waals surface area contributed by atoms with Gasteiger partial charge in [0.05, 0.1) is 6.04 Å². The number of nitrogens with one attached hydrogen (secondary N) is 1. The number of ether oxygens (including phenoxy) is 1. The minimum Gasteiger partial charge on any atom is -0.598 e. The molecule has 1 unspecified atom stereocenters. The predicted molar refractivity (Wildman–Crippen MR) is 125 cm³/mol. The number of carbonyl (C=O) groups is 1. The highest BCUT2D eigenvalue weighted by Gasteiger charge is 2.55. The van der Waals surface area contributed by atoms with Crippen molar-refractivity contribution in [2.24, 2.45) is 5.41 Å². The lowest BCUT2D eigenvalue weighted by molar-refractivity contribution is 0.0137. The number of nitrogens with zero attached hydrogens (tertiary/aromatic N) is 1. The highest BCUT2D eigenvalue weighted by molar-refractivity contribution is 7.90. The third kappa shape index (κ3) is 4.49. The van der Waals surface area contributed by atoms with Gasteiger partial charge in [-0.2, -0.15) is 0 Å². The molecular formula is C25H38N2O3S. The Kier molecular flexibility index (Phi) is 5.89. The van der Waals surface area contributed by atoms with Crippen LogP contribution in [0.15, 0.2) is 24.3 Å². The van der Waals surface area contributed by atoms with Gasteiger partial charge in [-0.1, -0.05) is 24.3 Å². The number of benzene rings is 1. The third-order valence-electron chi connectivity index (χ3n) is 7.14. The van der Waals surface area contributed by atoms with E-state index in [-0.39, 0.29) is 34.4 Å². The molecule has 5 atom stereocenters. The molecule has 2 saturated heterocycles. The summed E-state index contributed by atoms with van der Waals surface area (Å²) in [6.45, 7) is 11.8. The van der Waals surface area contributed by atoms with E-state index in [0.29, 0.717) is 0 Å². The molecule has 2 fully saturated rings. The van der Waals surface area contributed by atoms with Crippen molar-refractivity contribution < 1.29 is 14.1 Å². The summed E-state index contributed by atoms with van der Waals surface area (Å²) in [4.78, 5) is 15.1. The largest absolute Gasteiger partial charge is 0.598 e. The maximum Gasteiger partial charge on any atom is 0.410 e. The Balaban J connectivity index is 1.64. The zero-order valence-corrected chi connectivity index (χ0v) is 20.7. The fraction of sp³-hybridized carbons (Fsp3) is 0.720. The smallest absolute Gasteiger partial charge is 0.410 e. The number of amides is 1. The molecule has 1 aliphatic carbocycles. The quantitative estimate of drug-likeness (QED) is 0.628. The van der Waals surface area contributed by atoms with E-state index in [1.54, 1.807) is 0 Å². The van der Waals surface area contributed by atoms with Crippen LogP contribution in [0, 0.1) is 5.41 Å². The number of fused-ring (bicyclic) bond motifs is 3. The maximum absolute atomic E-state index is 13.1. The molecule has 0 saturated carbocycles. The van der Waals surface area contributed by atoms with Crippen molar-refractivity contribution in [2.75, 3.05) is 0 Å². The van der Waals surface area contributed by atoms with Crippen LogP contribution in [0.5, 0.6) is 0 Å². The van der Waals surface area contributed by atoms with Gasteiger partial charge in [0.15, 0.2) is 0 Å². The van der Waals surface area contributed by atoms with E-state index in [1.807, 2.05) is 46.4 Å². The van der Waals surface area contributed by atoms with Crippen molar-refractivity contribution in [1.29, 1.82) is 0 Å². The first-order valence-corrected chi connectivity index (χ1v) is 12.8. The van der Waals surface area contributed by atoms with Gasteiger partial charge >= 0.3 is 6.09 Å². The summed E-state index contributed by atoms with van der Waals surface area (Å²) in [6, 6.07) is 9.07. The first-order valence-electron chi connectivity index (χ1n) is 11.7. The second-order valence-electron chi connectivity index (χ2n) is 11.7. The average Bonchev–Trinajstić information content (AvgIpc) is 3.11. The van der Waals surface area contributed by atoms with Crippen LogP contribution in [0.2, 0.25) is 0 Å². The number of hydrogen-bond donors (Lipinski definition) is 1. The molecular weight excluding hydrogens is 408 g/mol. The summed E-state index contributed by atoms with van der Waals surface area (Å²) in [6.07, 6.45) is 5.82. The average molecular weight is 447 g/mol. The van der Waals surface area contributed by atoms with Gasteiger partial charge in [-0.3, -0.25) is 0 Å². The van der Waals surface area contributed by atoms with Crippen LogP contribution < -0.4 is 4.72 Å². The first-order chi connectivity index (χ1) is 14.4. The third-order valence-corrected chi connectivity index (χ3v) is 8.71. The molecule has 1 amide bonds. The minimum absolute atomic E-state index is 0.0231. The molecule has 1 N–H and O–H groups in total. The zero-order valence-electron chi connectivity index (χ0n) is 19.9. The summed E-state index contributed by atoms with van der Waals surface area (Å²) in [5.41, 5.74) is 2.12. The Morgan fingerprint density at radius 3 is 2.48 bits per heavy atom. The SMILES string of the molecule is CC(C)(C)OC(=O)N1[C@@H]2CC[C@H]1C[C@]1(CC2)Cc2ccccc2[C@H]1N[S+]([O-])C(C)(C)C. The highest BCUT2D eigenvalue weighted by Crippen LogP contribution is 2.56. The Labute approximate surface area is 190 Å². The van der Waals surface area contributed by atoms with E-state index in [1.165, 1.54) is 11.1 Å². The molecule has 6 heteroatoms. The molecule has 2 heterocycles. The van der Waals surface area contributed by atoms with Crippen LogP contribution in [-0.2, 0) is 22.5 Å². The lowest BCUT2D eigenvalue weighted by atomic mass is 9.71. The van der Waals surface area contributed by atoms with Crippen LogP contribution in [0.1, 0.15) is 90.8 Å². The molecule has 1 spiro atoms. The monoisotopic (exact) mass is 446 g/mol. The molecule has 3 aliphatic rings. The summed E-state index contributed by atoms with van der Waals surface area (Å²) in [5.74, 6) is 0. The normalized spacial score (nSPS) is 31.5. The molecule has 1 aromatic rings. The minimum atomic E-state index is -1.16. The van der Waals surface area contributed by atoms with E-state index >= 15 is 0 Å². The lowest BCUT2D eigenvalue weighted by Crippen LogP contribution is -2.47. The van der Waals surface area contributed by atoms with Crippen molar-refractivity contribution in [3.05, 3.63) is 35.4 Å². The van der Waals surface area contributed by atoms with E-state index in [0.717, 1.165) is 38.5 Å². The summed E-state index contributed by atoms with van der Waals surface area (Å²) < 4.78 is 22.1. The van der Waals surface area contributed by atoms with Crippen LogP contribution in [-0.4, -0.2) is 38.0 Å². The van der Waals surface area contributed by atoms with Crippen LogP contribution in [0.25, 0.3) is 0 Å². The van der Waals surface area contributed by atoms with Crippen molar-refractivity contribution in [1.82, 2.24) is 9.62 Å². The van der Waals surface area contributed by atoms with Crippen LogP contribution in [0.4, 0.5) is 4.79 Å². The molecule has 2 aliphatic heterocycles. The van der Waals surface area contributed by atoms with Crippen LogP contribution >= 0.6 is 0 Å². The summed E-state index contributed by atoms with van der Waals surface area (Å²) >= 11 is -1.16. The fourth-order valence-corrected chi connectivity index (χ4v) is 6.71. The molecule has 172 valence electrons. The van der Waals surface area contributed by atoms with Gasteiger partial charge in [-0.15, -0.1) is 4.72 Å². The van der Waals surface area contributed by atoms with Gasteiger partial charge in [0.25, 0.3) is 0 Å². The van der Waals surface area contributed by atoms with Gasteiger partial charge in [0, 0.05) is 28.9 Å². The number of rotatable bonds is 2. The lowest BCUT2D eigenvalue weighted by Gasteiger charge is -2.39. The molecule has 2 bridgehead atoms. The second kappa shape index (κ2) is 7.96. The van der Waals surface area contributed by atoms with E-state index in [9.17, 15) is 9.35 Å².